The van der Waals surface area contributed by atoms with Crippen molar-refractivity contribution in [2.75, 3.05) is 19.8 Å². The molecular weight excluding hydrogens is 378 g/mol. The van der Waals surface area contributed by atoms with E-state index in [-0.39, 0.29) is 5.56 Å². The monoisotopic (exact) mass is 411 g/mol. The first kappa shape index (κ1) is 20.9. The van der Waals surface area contributed by atoms with Crippen molar-refractivity contribution in [2.24, 2.45) is 0 Å². The zero-order valence-corrected chi connectivity index (χ0v) is 18.2. The summed E-state index contributed by atoms with van der Waals surface area (Å²) in [5.74, 6) is 2.90. The van der Waals surface area contributed by atoms with Gasteiger partial charge in [-0.25, -0.2) is 4.98 Å². The van der Waals surface area contributed by atoms with Crippen LogP contribution in [-0.2, 0) is 19.5 Å². The highest BCUT2D eigenvalue weighted by Gasteiger charge is 2.24. The van der Waals surface area contributed by atoms with Gasteiger partial charge in [-0.05, 0) is 50.8 Å². The number of fused-ring (bicyclic) bond motifs is 1. The highest BCUT2D eigenvalue weighted by atomic mass is 16.5. The van der Waals surface area contributed by atoms with E-state index in [0.29, 0.717) is 19.1 Å². The van der Waals surface area contributed by atoms with E-state index in [1.165, 1.54) is 24.8 Å². The molecule has 0 radical (unpaired) electrons. The molecule has 1 aromatic heterocycles. The average molecular weight is 412 g/mol. The minimum absolute atomic E-state index is 0.0694. The second-order valence-corrected chi connectivity index (χ2v) is 8.32. The van der Waals surface area contributed by atoms with Crippen LogP contribution >= 0.6 is 0 Å². The summed E-state index contributed by atoms with van der Waals surface area (Å²) in [6, 6.07) is 6.16. The van der Waals surface area contributed by atoms with Crippen LogP contribution in [0.15, 0.2) is 23.0 Å². The fourth-order valence-electron chi connectivity index (χ4n) is 4.67. The van der Waals surface area contributed by atoms with Crippen LogP contribution in [0, 0.1) is 0 Å². The summed E-state index contributed by atoms with van der Waals surface area (Å²) in [7, 11) is 0. The third kappa shape index (κ3) is 4.69. The summed E-state index contributed by atoms with van der Waals surface area (Å²) >= 11 is 0. The molecule has 6 heteroatoms. The van der Waals surface area contributed by atoms with Gasteiger partial charge in [0.15, 0.2) is 11.5 Å². The van der Waals surface area contributed by atoms with E-state index >= 15 is 0 Å². The van der Waals surface area contributed by atoms with Crippen LogP contribution in [-0.4, -0.2) is 34.6 Å². The molecule has 1 aromatic carbocycles. The highest BCUT2D eigenvalue weighted by Crippen LogP contribution is 2.32. The summed E-state index contributed by atoms with van der Waals surface area (Å²) in [6.07, 6.45) is 6.79. The van der Waals surface area contributed by atoms with Crippen molar-refractivity contribution in [3.63, 3.8) is 0 Å². The molecule has 0 amide bonds. The molecule has 0 spiro atoms. The van der Waals surface area contributed by atoms with Crippen molar-refractivity contribution in [1.29, 1.82) is 0 Å². The van der Waals surface area contributed by atoms with Crippen molar-refractivity contribution in [2.45, 2.75) is 71.4 Å². The molecule has 4 rings (SSSR count). The van der Waals surface area contributed by atoms with E-state index in [2.05, 4.69) is 22.0 Å². The standard InChI is InChI=1S/C24H33N3O3/c1-3-29-21-11-10-17(14-22(21)30-4-2)15-27-13-12-19-20(16-27)25-23(26-24(19)28)18-8-6-5-7-9-18/h10-11,14,18H,3-9,12-13,15-16H2,1-2H3,(H,25,26,28). The lowest BCUT2D eigenvalue weighted by atomic mass is 9.88. The molecule has 162 valence electrons. The maximum absolute atomic E-state index is 12.7. The van der Waals surface area contributed by atoms with Crippen molar-refractivity contribution >= 4 is 0 Å². The topological polar surface area (TPSA) is 67.5 Å². The summed E-state index contributed by atoms with van der Waals surface area (Å²) in [5, 5.41) is 0. The zero-order valence-electron chi connectivity index (χ0n) is 18.2. The Labute approximate surface area is 178 Å². The molecule has 0 unspecified atom stereocenters. The number of nitrogens with zero attached hydrogens (tertiary/aromatic N) is 2. The number of benzene rings is 1. The lowest BCUT2D eigenvalue weighted by molar-refractivity contribution is 0.238. The molecule has 6 nitrogen and oxygen atoms in total. The third-order valence-corrected chi connectivity index (χ3v) is 6.18. The number of nitrogens with one attached hydrogen (secondary N) is 1. The van der Waals surface area contributed by atoms with Crippen LogP contribution in [0.25, 0.3) is 0 Å². The molecule has 1 aliphatic heterocycles. The van der Waals surface area contributed by atoms with Gasteiger partial charge >= 0.3 is 0 Å². The summed E-state index contributed by atoms with van der Waals surface area (Å²) in [6.45, 7) is 7.57. The molecular formula is C24H33N3O3. The maximum atomic E-state index is 12.7. The number of rotatable bonds is 7. The normalized spacial score (nSPS) is 17.5. The molecule has 2 heterocycles. The van der Waals surface area contributed by atoms with Gasteiger partial charge in [0.25, 0.3) is 5.56 Å². The van der Waals surface area contributed by atoms with E-state index in [4.69, 9.17) is 14.5 Å². The average Bonchev–Trinajstić information content (AvgIpc) is 2.76. The number of ether oxygens (including phenoxy) is 2. The third-order valence-electron chi connectivity index (χ3n) is 6.18. The maximum Gasteiger partial charge on any atom is 0.254 e. The SMILES string of the molecule is CCOc1ccc(CN2CCc3c(nc(C4CCCCC4)[nH]c3=O)C2)cc1OCC. The second kappa shape index (κ2) is 9.65. The molecule has 1 saturated carbocycles. The lowest BCUT2D eigenvalue weighted by Gasteiger charge is -2.29. The number of aromatic nitrogens is 2. The van der Waals surface area contributed by atoms with E-state index in [0.717, 1.165) is 67.5 Å². The van der Waals surface area contributed by atoms with E-state index in [9.17, 15) is 4.79 Å². The van der Waals surface area contributed by atoms with Gasteiger partial charge < -0.3 is 14.5 Å². The van der Waals surface area contributed by atoms with Gasteiger partial charge in [-0.3, -0.25) is 9.69 Å². The van der Waals surface area contributed by atoms with Crippen LogP contribution in [0.2, 0.25) is 0 Å². The molecule has 1 N–H and O–H groups in total. The Bertz CT molecular complexity index is 918. The lowest BCUT2D eigenvalue weighted by Crippen LogP contribution is -2.35. The molecule has 30 heavy (non-hydrogen) atoms. The minimum Gasteiger partial charge on any atom is -0.490 e. The predicted octanol–water partition coefficient (Wildman–Crippen LogP) is 4.17. The summed E-state index contributed by atoms with van der Waals surface area (Å²) in [4.78, 5) is 23.1. The Hall–Kier alpha value is -2.34. The Morgan fingerprint density at radius 1 is 1.10 bits per heavy atom. The predicted molar refractivity (Wildman–Crippen MR) is 117 cm³/mol. The number of hydrogen-bond donors (Lipinski definition) is 1. The van der Waals surface area contributed by atoms with E-state index in [1.807, 2.05) is 19.9 Å². The largest absolute Gasteiger partial charge is 0.490 e. The molecule has 1 fully saturated rings. The van der Waals surface area contributed by atoms with Crippen LogP contribution in [0.4, 0.5) is 0 Å². The summed E-state index contributed by atoms with van der Waals surface area (Å²) in [5.41, 5.74) is 3.08. The van der Waals surface area contributed by atoms with Crippen LogP contribution in [0.5, 0.6) is 11.5 Å². The first-order valence-electron chi connectivity index (χ1n) is 11.4. The molecule has 1 aliphatic carbocycles. The smallest absolute Gasteiger partial charge is 0.254 e. The Kier molecular flexibility index (Phi) is 6.72. The fourth-order valence-corrected chi connectivity index (χ4v) is 4.67. The summed E-state index contributed by atoms with van der Waals surface area (Å²) < 4.78 is 11.5. The van der Waals surface area contributed by atoms with Gasteiger partial charge in [0.2, 0.25) is 0 Å². The Balaban J connectivity index is 1.50. The molecule has 0 saturated heterocycles. The second-order valence-electron chi connectivity index (χ2n) is 8.32. The minimum atomic E-state index is 0.0694. The molecule has 2 aliphatic rings. The van der Waals surface area contributed by atoms with E-state index in [1.54, 1.807) is 0 Å². The number of hydrogen-bond acceptors (Lipinski definition) is 5. The van der Waals surface area contributed by atoms with Gasteiger partial charge in [0, 0.05) is 31.1 Å². The van der Waals surface area contributed by atoms with Gasteiger partial charge in [-0.2, -0.15) is 0 Å². The quantitative estimate of drug-likeness (QED) is 0.741. The Morgan fingerprint density at radius 2 is 1.87 bits per heavy atom. The number of aromatic amines is 1. The first-order valence-corrected chi connectivity index (χ1v) is 11.4. The highest BCUT2D eigenvalue weighted by molar-refractivity contribution is 5.43. The molecule has 0 bridgehead atoms. The van der Waals surface area contributed by atoms with Crippen molar-refractivity contribution in [3.8, 4) is 11.5 Å². The first-order chi connectivity index (χ1) is 14.7. The van der Waals surface area contributed by atoms with Gasteiger partial charge in [0.05, 0.1) is 18.9 Å². The molecule has 2 aromatic rings. The van der Waals surface area contributed by atoms with Gasteiger partial charge in [0.1, 0.15) is 5.82 Å². The Morgan fingerprint density at radius 3 is 2.63 bits per heavy atom. The zero-order chi connectivity index (χ0) is 20.9. The van der Waals surface area contributed by atoms with Crippen LogP contribution in [0.1, 0.15) is 74.5 Å². The van der Waals surface area contributed by atoms with Gasteiger partial charge in [-0.1, -0.05) is 25.3 Å². The number of H-pyrrole nitrogens is 1. The van der Waals surface area contributed by atoms with Gasteiger partial charge in [-0.15, -0.1) is 0 Å². The van der Waals surface area contributed by atoms with Crippen LogP contribution in [0.3, 0.4) is 0 Å². The van der Waals surface area contributed by atoms with Crippen molar-refractivity contribution in [3.05, 3.63) is 51.2 Å². The van der Waals surface area contributed by atoms with E-state index < -0.39 is 0 Å². The van der Waals surface area contributed by atoms with Crippen molar-refractivity contribution < 1.29 is 9.47 Å². The molecule has 0 atom stereocenters. The van der Waals surface area contributed by atoms with Crippen LogP contribution < -0.4 is 15.0 Å². The van der Waals surface area contributed by atoms with Crippen molar-refractivity contribution in [1.82, 2.24) is 14.9 Å². The fraction of sp³-hybridized carbons (Fsp3) is 0.583.